The Hall–Kier alpha value is -2.13. The van der Waals surface area contributed by atoms with E-state index in [4.69, 9.17) is 0 Å². The summed E-state index contributed by atoms with van der Waals surface area (Å²) < 4.78 is 0. The minimum Gasteiger partial charge on any atom is -0.358 e. The number of amides is 1. The van der Waals surface area contributed by atoms with Crippen LogP contribution in [0.15, 0.2) is 67.3 Å². The summed E-state index contributed by atoms with van der Waals surface area (Å²) in [6, 6.07) is 10.7. The maximum Gasteiger partial charge on any atom is 0.207 e. The van der Waals surface area contributed by atoms with Gasteiger partial charge in [-0.1, -0.05) is 68.6 Å². The minimum atomic E-state index is 0.175. The molecule has 1 aromatic rings. The fourth-order valence-electron chi connectivity index (χ4n) is 3.37. The molecule has 1 saturated heterocycles. The number of nitrogens with zero attached hydrogens (tertiary/aromatic N) is 1. The van der Waals surface area contributed by atoms with Crippen molar-refractivity contribution in [3.8, 4) is 0 Å². The average Bonchev–Trinajstić information content (AvgIpc) is 2.56. The molecule has 2 rings (SSSR count). The Morgan fingerprint density at radius 2 is 2.04 bits per heavy atom. The highest BCUT2D eigenvalue weighted by Crippen LogP contribution is 2.42. The normalized spacial score (nSPS) is 18.6. The van der Waals surface area contributed by atoms with Gasteiger partial charge in [-0.15, -0.1) is 0 Å². The van der Waals surface area contributed by atoms with Crippen LogP contribution in [0, 0.1) is 5.41 Å². The molecule has 1 amide bonds. The van der Waals surface area contributed by atoms with Gasteiger partial charge in [0.25, 0.3) is 0 Å². The molecule has 0 spiro atoms. The largest absolute Gasteiger partial charge is 0.358 e. The van der Waals surface area contributed by atoms with E-state index >= 15 is 0 Å². The van der Waals surface area contributed by atoms with Crippen LogP contribution < -0.4 is 5.32 Å². The average molecular weight is 310 g/mol. The van der Waals surface area contributed by atoms with Crippen molar-refractivity contribution in [2.75, 3.05) is 19.6 Å². The first kappa shape index (κ1) is 17.2. The predicted molar refractivity (Wildman–Crippen MR) is 96.0 cm³/mol. The monoisotopic (exact) mass is 310 g/mol. The maximum absolute atomic E-state index is 10.6. The number of carbonyl (C=O) groups excluding carboxylic acids is 1. The molecule has 1 atom stereocenters. The third-order valence-corrected chi connectivity index (χ3v) is 4.73. The molecule has 0 aromatic heterocycles. The zero-order valence-electron chi connectivity index (χ0n) is 13.9. The number of carbonyl (C=O) groups is 1. The number of nitrogens with one attached hydrogen (secondary N) is 1. The van der Waals surface area contributed by atoms with Gasteiger partial charge in [-0.25, -0.2) is 0 Å². The van der Waals surface area contributed by atoms with Crippen molar-refractivity contribution < 1.29 is 4.79 Å². The Labute approximate surface area is 139 Å². The highest BCUT2D eigenvalue weighted by Gasteiger charge is 2.44. The predicted octanol–water partition coefficient (Wildman–Crippen LogP) is 3.48. The molecule has 1 aliphatic rings. The van der Waals surface area contributed by atoms with Crippen LogP contribution in [0.2, 0.25) is 0 Å². The molecule has 0 saturated carbocycles. The van der Waals surface area contributed by atoms with E-state index in [0.717, 1.165) is 38.0 Å². The van der Waals surface area contributed by atoms with Crippen molar-refractivity contribution in [3.63, 3.8) is 0 Å². The van der Waals surface area contributed by atoms with Crippen molar-refractivity contribution in [3.05, 3.63) is 72.9 Å². The van der Waals surface area contributed by atoms with Gasteiger partial charge in [0.1, 0.15) is 0 Å². The van der Waals surface area contributed by atoms with Crippen LogP contribution in [-0.4, -0.2) is 30.9 Å². The molecule has 0 aliphatic carbocycles. The van der Waals surface area contributed by atoms with E-state index in [9.17, 15) is 4.79 Å². The van der Waals surface area contributed by atoms with Crippen LogP contribution in [0.25, 0.3) is 0 Å². The quantitative estimate of drug-likeness (QED) is 0.559. The van der Waals surface area contributed by atoms with Gasteiger partial charge in [-0.3, -0.25) is 9.69 Å². The third-order valence-electron chi connectivity index (χ3n) is 4.73. The van der Waals surface area contributed by atoms with Crippen molar-refractivity contribution in [1.82, 2.24) is 10.2 Å². The summed E-state index contributed by atoms with van der Waals surface area (Å²) in [6.45, 7) is 12.6. The van der Waals surface area contributed by atoms with Gasteiger partial charge in [-0.05, 0) is 17.6 Å². The molecule has 23 heavy (non-hydrogen) atoms. The van der Waals surface area contributed by atoms with E-state index in [2.05, 4.69) is 54.6 Å². The number of likely N-dealkylation sites (tertiary alicyclic amines) is 1. The van der Waals surface area contributed by atoms with Crippen LogP contribution in [-0.2, 0) is 4.79 Å². The molecule has 1 fully saturated rings. The molecule has 0 radical (unpaired) electrons. The van der Waals surface area contributed by atoms with Gasteiger partial charge in [0.05, 0.1) is 6.04 Å². The summed E-state index contributed by atoms with van der Waals surface area (Å²) in [6.07, 6.45) is 7.60. The van der Waals surface area contributed by atoms with Gasteiger partial charge in [-0.2, -0.15) is 0 Å². The smallest absolute Gasteiger partial charge is 0.207 e. The third kappa shape index (κ3) is 3.80. The molecule has 3 nitrogen and oxygen atoms in total. The first-order valence-corrected chi connectivity index (χ1v) is 8.11. The molecule has 3 heteroatoms. The Balaban J connectivity index is 2.23. The molecular weight excluding hydrogens is 284 g/mol. The molecule has 1 heterocycles. The van der Waals surface area contributed by atoms with Crippen LogP contribution in [0.1, 0.15) is 24.9 Å². The molecule has 1 unspecified atom stereocenters. The fourth-order valence-corrected chi connectivity index (χ4v) is 3.37. The molecule has 1 aromatic carbocycles. The number of benzene rings is 1. The van der Waals surface area contributed by atoms with Crippen LogP contribution in [0.3, 0.4) is 0 Å². The number of allylic oxidation sites excluding steroid dienone is 2. The fraction of sp³-hybridized carbons (Fsp3) is 0.350. The summed E-state index contributed by atoms with van der Waals surface area (Å²) in [5, 5.41) is 2.85. The highest BCUT2D eigenvalue weighted by molar-refractivity contribution is 5.46. The van der Waals surface area contributed by atoms with E-state index in [-0.39, 0.29) is 11.5 Å². The van der Waals surface area contributed by atoms with Gasteiger partial charge < -0.3 is 5.32 Å². The zero-order valence-corrected chi connectivity index (χ0v) is 13.9. The first-order valence-electron chi connectivity index (χ1n) is 8.11. The second kappa shape index (κ2) is 7.93. The highest BCUT2D eigenvalue weighted by atomic mass is 16.1. The molecule has 1 aliphatic heterocycles. The molecule has 1 N–H and O–H groups in total. The van der Waals surface area contributed by atoms with E-state index in [0.29, 0.717) is 0 Å². The zero-order chi connectivity index (χ0) is 16.7. The van der Waals surface area contributed by atoms with Gasteiger partial charge in [0, 0.05) is 25.0 Å². The molecular formula is C20H26N2O. The molecule has 122 valence electrons. The van der Waals surface area contributed by atoms with Gasteiger partial charge in [0.2, 0.25) is 6.41 Å². The van der Waals surface area contributed by atoms with Crippen molar-refractivity contribution in [2.24, 2.45) is 5.41 Å². The van der Waals surface area contributed by atoms with Crippen molar-refractivity contribution in [1.29, 1.82) is 0 Å². The lowest BCUT2D eigenvalue weighted by molar-refractivity contribution is -0.111. The number of hydrogen-bond acceptors (Lipinski definition) is 2. The summed E-state index contributed by atoms with van der Waals surface area (Å²) >= 11 is 0. The van der Waals surface area contributed by atoms with Crippen LogP contribution in [0.4, 0.5) is 0 Å². The lowest BCUT2D eigenvalue weighted by atomic mass is 9.75. The Bertz CT molecular complexity index is 571. The van der Waals surface area contributed by atoms with Crippen LogP contribution in [0.5, 0.6) is 0 Å². The standard InChI is InChI=1S/C20H26N2O/c1-4-10-17(5-2)19(18-11-8-7-9-12-18)22-14-20(6-3,15-22)13-21-16-23/h4-5,7-12,16,19H,1-2,6,13-15H2,3H3,(H,21,23)/b17-10+. The van der Waals surface area contributed by atoms with E-state index in [1.807, 2.05) is 24.3 Å². The summed E-state index contributed by atoms with van der Waals surface area (Å²) in [7, 11) is 0. The maximum atomic E-state index is 10.6. The van der Waals surface area contributed by atoms with Gasteiger partial charge >= 0.3 is 0 Å². The first-order chi connectivity index (χ1) is 11.2. The summed E-state index contributed by atoms with van der Waals surface area (Å²) in [4.78, 5) is 13.1. The Morgan fingerprint density at radius 1 is 1.35 bits per heavy atom. The lowest BCUT2D eigenvalue weighted by Crippen LogP contribution is -2.60. The summed E-state index contributed by atoms with van der Waals surface area (Å²) in [5.41, 5.74) is 2.58. The Kier molecular flexibility index (Phi) is 5.94. The van der Waals surface area contributed by atoms with Crippen LogP contribution >= 0.6 is 0 Å². The second-order valence-electron chi connectivity index (χ2n) is 6.18. The second-order valence-corrected chi connectivity index (χ2v) is 6.18. The van der Waals surface area contributed by atoms with E-state index in [1.165, 1.54) is 5.56 Å². The SMILES string of the molecule is C=C/C=C(\C=C)C(c1ccccc1)N1CC(CC)(CNC=O)C1. The number of hydrogen-bond donors (Lipinski definition) is 1. The van der Waals surface area contributed by atoms with E-state index < -0.39 is 0 Å². The lowest BCUT2D eigenvalue weighted by Gasteiger charge is -2.53. The van der Waals surface area contributed by atoms with E-state index in [1.54, 1.807) is 0 Å². The minimum absolute atomic E-state index is 0.175. The number of rotatable bonds is 9. The Morgan fingerprint density at radius 3 is 2.57 bits per heavy atom. The summed E-state index contributed by atoms with van der Waals surface area (Å²) in [5.74, 6) is 0. The van der Waals surface area contributed by atoms with Crippen molar-refractivity contribution >= 4 is 6.41 Å². The topological polar surface area (TPSA) is 32.3 Å². The van der Waals surface area contributed by atoms with Crippen molar-refractivity contribution in [2.45, 2.75) is 19.4 Å². The van der Waals surface area contributed by atoms with Gasteiger partial charge in [0.15, 0.2) is 0 Å². The molecule has 0 bridgehead atoms.